The van der Waals surface area contributed by atoms with E-state index in [-0.39, 0.29) is 23.4 Å². The molecule has 0 radical (unpaired) electrons. The number of fused-ring (bicyclic) bond motifs is 5. The molecule has 1 amide bonds. The molecule has 0 aliphatic heterocycles. The molecule has 0 heterocycles. The van der Waals surface area contributed by atoms with Crippen LogP contribution >= 0.6 is 0 Å². The van der Waals surface area contributed by atoms with E-state index in [1.807, 2.05) is 36.4 Å². The van der Waals surface area contributed by atoms with Gasteiger partial charge >= 0.3 is 5.97 Å². The van der Waals surface area contributed by atoms with Crippen molar-refractivity contribution in [3.63, 3.8) is 0 Å². The van der Waals surface area contributed by atoms with E-state index in [2.05, 4.69) is 57.9 Å². The lowest BCUT2D eigenvalue weighted by Crippen LogP contribution is -2.52. The number of hydrogen-bond acceptors (Lipinski definition) is 6. The highest BCUT2D eigenvalue weighted by atomic mass is 16.5. The van der Waals surface area contributed by atoms with Gasteiger partial charge in [-0.3, -0.25) is 4.79 Å². The number of amides is 1. The summed E-state index contributed by atoms with van der Waals surface area (Å²) >= 11 is 0. The summed E-state index contributed by atoms with van der Waals surface area (Å²) in [5.74, 6) is 10.8. The van der Waals surface area contributed by atoms with Gasteiger partial charge in [0.15, 0.2) is 0 Å². The molecular formula is C50H72N4O3. The van der Waals surface area contributed by atoms with Crippen molar-refractivity contribution in [2.75, 3.05) is 19.6 Å². The van der Waals surface area contributed by atoms with Crippen molar-refractivity contribution in [2.24, 2.45) is 63.5 Å². The van der Waals surface area contributed by atoms with Crippen molar-refractivity contribution in [3.8, 4) is 11.8 Å². The summed E-state index contributed by atoms with van der Waals surface area (Å²) < 4.78 is 6.18. The molecule has 7 N–H and O–H groups in total. The standard InChI is InChI=1S/C50H72N4O3/c1-34(2)7-6-8-35(3)43-21-22-44-42-20-19-40-33-41(23-25-48(40,4)45(42)24-26-49(43,44)5)57-47(56)39-17-13-37(14-18-39)10-9-36-11-15-38(16-12-36)46(55)54-50(27-30-51,28-31-52)29-32-53/h11-19,34-35,41-45H,6-8,20-33,51-53H2,1-5H3,(H,54,55)/t35-,41?,42+,43-,44+,45+,48+,49-/m1/s1. The Morgan fingerprint density at radius 1 is 0.807 bits per heavy atom. The summed E-state index contributed by atoms with van der Waals surface area (Å²) in [4.78, 5) is 26.5. The van der Waals surface area contributed by atoms with Crippen molar-refractivity contribution in [1.82, 2.24) is 5.32 Å². The number of carbonyl (C=O) groups is 2. The quantitative estimate of drug-likeness (QED) is 0.0810. The van der Waals surface area contributed by atoms with Crippen molar-refractivity contribution >= 4 is 11.9 Å². The van der Waals surface area contributed by atoms with E-state index in [0.717, 1.165) is 65.9 Å². The molecule has 0 bridgehead atoms. The van der Waals surface area contributed by atoms with E-state index in [4.69, 9.17) is 21.9 Å². The van der Waals surface area contributed by atoms with Crippen LogP contribution < -0.4 is 22.5 Å². The Morgan fingerprint density at radius 3 is 2.02 bits per heavy atom. The molecule has 1 unspecified atom stereocenters. The average Bonchev–Trinajstić information content (AvgIpc) is 3.55. The maximum Gasteiger partial charge on any atom is 0.338 e. The molecule has 4 aliphatic carbocycles. The number of nitrogens with one attached hydrogen (secondary N) is 1. The van der Waals surface area contributed by atoms with Gasteiger partial charge < -0.3 is 27.3 Å². The van der Waals surface area contributed by atoms with E-state index >= 15 is 0 Å². The molecule has 8 atom stereocenters. The van der Waals surface area contributed by atoms with Crippen LogP contribution in [0, 0.1) is 58.2 Å². The number of allylic oxidation sites excluding steroid dienone is 1. The first-order chi connectivity index (χ1) is 27.3. The Kier molecular flexibility index (Phi) is 14.1. The van der Waals surface area contributed by atoms with Crippen molar-refractivity contribution in [3.05, 3.63) is 82.4 Å². The largest absolute Gasteiger partial charge is 0.458 e. The number of hydrogen-bond donors (Lipinski definition) is 4. The van der Waals surface area contributed by atoms with E-state index in [0.29, 0.717) is 55.4 Å². The normalized spacial score (nSPS) is 28.6. The minimum absolute atomic E-state index is 0.0762. The fourth-order valence-electron chi connectivity index (χ4n) is 12.2. The number of carbonyl (C=O) groups excluding carboxylic acids is 2. The maximum absolute atomic E-state index is 13.4. The lowest BCUT2D eigenvalue weighted by molar-refractivity contribution is -0.0594. The summed E-state index contributed by atoms with van der Waals surface area (Å²) in [5.41, 5.74) is 22.0. The molecule has 3 saturated carbocycles. The van der Waals surface area contributed by atoms with Crippen LogP contribution in [0.5, 0.6) is 0 Å². The highest BCUT2D eigenvalue weighted by Crippen LogP contribution is 2.67. The van der Waals surface area contributed by atoms with Crippen LogP contribution in [-0.2, 0) is 4.74 Å². The molecule has 3 fully saturated rings. The second kappa shape index (κ2) is 18.6. The van der Waals surface area contributed by atoms with Gasteiger partial charge in [-0.2, -0.15) is 0 Å². The number of ether oxygens (including phenoxy) is 1. The molecule has 7 heteroatoms. The minimum Gasteiger partial charge on any atom is -0.458 e. The second-order valence-corrected chi connectivity index (χ2v) is 19.3. The molecule has 4 aliphatic rings. The Hall–Kier alpha value is -3.44. The first-order valence-corrected chi connectivity index (χ1v) is 22.4. The van der Waals surface area contributed by atoms with Crippen LogP contribution in [0.1, 0.15) is 156 Å². The molecule has 57 heavy (non-hydrogen) atoms. The van der Waals surface area contributed by atoms with Crippen molar-refractivity contribution < 1.29 is 14.3 Å². The number of benzene rings is 2. The van der Waals surface area contributed by atoms with Gasteiger partial charge in [0.25, 0.3) is 5.91 Å². The summed E-state index contributed by atoms with van der Waals surface area (Å²) in [5, 5.41) is 3.15. The third-order valence-electron chi connectivity index (χ3n) is 15.4. The predicted octanol–water partition coefficient (Wildman–Crippen LogP) is 9.17. The molecule has 2 aromatic rings. The molecule has 2 aromatic carbocycles. The summed E-state index contributed by atoms with van der Waals surface area (Å²) in [6, 6.07) is 14.6. The average molecular weight is 777 g/mol. The van der Waals surface area contributed by atoms with Crippen LogP contribution in [0.25, 0.3) is 0 Å². The van der Waals surface area contributed by atoms with Gasteiger partial charge in [-0.1, -0.05) is 77.4 Å². The zero-order valence-electron chi connectivity index (χ0n) is 35.7. The maximum atomic E-state index is 13.4. The number of rotatable bonds is 15. The van der Waals surface area contributed by atoms with Crippen LogP contribution in [-0.4, -0.2) is 43.2 Å². The number of nitrogens with two attached hydrogens (primary N) is 3. The lowest BCUT2D eigenvalue weighted by Gasteiger charge is -2.58. The van der Waals surface area contributed by atoms with Gasteiger partial charge in [0.2, 0.25) is 0 Å². The Bertz CT molecular complexity index is 1760. The van der Waals surface area contributed by atoms with Crippen LogP contribution in [0.15, 0.2) is 60.2 Å². The monoisotopic (exact) mass is 777 g/mol. The Labute approximate surface area is 344 Å². The highest BCUT2D eigenvalue weighted by Gasteiger charge is 2.59. The van der Waals surface area contributed by atoms with Crippen molar-refractivity contribution in [1.29, 1.82) is 0 Å². The van der Waals surface area contributed by atoms with Crippen molar-refractivity contribution in [2.45, 2.75) is 136 Å². The van der Waals surface area contributed by atoms with E-state index in [1.54, 1.807) is 17.7 Å². The van der Waals surface area contributed by atoms with E-state index in [1.165, 1.54) is 51.4 Å². The molecule has 0 saturated heterocycles. The van der Waals surface area contributed by atoms with Gasteiger partial charge in [-0.15, -0.1) is 0 Å². The van der Waals surface area contributed by atoms with Gasteiger partial charge in [-0.05, 0) is 179 Å². The Balaban J connectivity index is 1.02. The molecule has 6 rings (SSSR count). The summed E-state index contributed by atoms with van der Waals surface area (Å²) in [6.45, 7) is 13.8. The fraction of sp³-hybridized carbons (Fsp3) is 0.640. The van der Waals surface area contributed by atoms with Gasteiger partial charge in [-0.25, -0.2) is 4.79 Å². The zero-order chi connectivity index (χ0) is 40.8. The van der Waals surface area contributed by atoms with Crippen LogP contribution in [0.2, 0.25) is 0 Å². The van der Waals surface area contributed by atoms with Gasteiger partial charge in [0.05, 0.1) is 5.56 Å². The molecule has 0 spiro atoms. The molecule has 310 valence electrons. The second-order valence-electron chi connectivity index (χ2n) is 19.3. The fourth-order valence-corrected chi connectivity index (χ4v) is 12.2. The number of esters is 1. The van der Waals surface area contributed by atoms with E-state index in [9.17, 15) is 9.59 Å². The molecular weight excluding hydrogens is 705 g/mol. The van der Waals surface area contributed by atoms with Gasteiger partial charge in [0.1, 0.15) is 6.10 Å². The summed E-state index contributed by atoms with van der Waals surface area (Å²) in [6.07, 6.45) is 18.2. The first kappa shape index (κ1) is 43.1. The zero-order valence-corrected chi connectivity index (χ0v) is 35.7. The minimum atomic E-state index is -0.510. The first-order valence-electron chi connectivity index (χ1n) is 22.4. The smallest absolute Gasteiger partial charge is 0.338 e. The molecule has 7 nitrogen and oxygen atoms in total. The highest BCUT2D eigenvalue weighted by molar-refractivity contribution is 5.94. The lowest BCUT2D eigenvalue weighted by atomic mass is 9.47. The third-order valence-corrected chi connectivity index (χ3v) is 15.4. The summed E-state index contributed by atoms with van der Waals surface area (Å²) in [7, 11) is 0. The van der Waals surface area contributed by atoms with Crippen LogP contribution in [0.3, 0.4) is 0 Å². The third kappa shape index (κ3) is 9.56. The molecule has 0 aromatic heterocycles. The Morgan fingerprint density at radius 2 is 1.42 bits per heavy atom. The predicted molar refractivity (Wildman–Crippen MR) is 232 cm³/mol. The topological polar surface area (TPSA) is 133 Å². The van der Waals surface area contributed by atoms with E-state index < -0.39 is 5.54 Å². The SMILES string of the molecule is CC(C)CCC[C@@H](C)[C@H]1CC[C@H]2[C@@H]3CC=C4CC(OC(=O)c5ccc(C#Cc6ccc(C(=O)NC(CCN)(CCN)CCN)cc6)cc5)CC[C@]4(C)[C@H]3CC[C@]12C. The van der Waals surface area contributed by atoms with Crippen LogP contribution in [0.4, 0.5) is 0 Å². The van der Waals surface area contributed by atoms with Gasteiger partial charge in [0, 0.05) is 28.7 Å².